The molecule has 0 spiro atoms. The largest absolute Gasteiger partial charge is 0.203 e. The molecule has 0 amide bonds. The van der Waals surface area contributed by atoms with Crippen LogP contribution in [0, 0.1) is 30.2 Å². The van der Waals surface area contributed by atoms with Crippen LogP contribution in [0.5, 0.6) is 0 Å². The highest BCUT2D eigenvalue weighted by atomic mass is 19.2. The summed E-state index contributed by atoms with van der Waals surface area (Å²) >= 11 is 0. The summed E-state index contributed by atoms with van der Waals surface area (Å²) in [5.74, 6) is -3.41. The molecule has 0 atom stereocenters. The molecule has 0 saturated carbocycles. The predicted molar refractivity (Wildman–Crippen MR) is 116 cm³/mol. The molecule has 0 bridgehead atoms. The lowest BCUT2D eigenvalue weighted by Gasteiger charge is -2.10. The summed E-state index contributed by atoms with van der Waals surface area (Å²) in [6.07, 6.45) is 0.848. The molecule has 0 N–H and O–H groups in total. The second-order valence-corrected chi connectivity index (χ2v) is 7.52. The van der Waals surface area contributed by atoms with E-state index in [9.17, 15) is 17.6 Å². The topological polar surface area (TPSA) is 0 Å². The minimum Gasteiger partial charge on any atom is -0.203 e. The Morgan fingerprint density at radius 1 is 0.516 bits per heavy atom. The normalized spacial score (nSPS) is 11.0. The zero-order valence-corrected chi connectivity index (χ0v) is 16.9. The molecule has 4 aromatic carbocycles. The first kappa shape index (κ1) is 20.9. The van der Waals surface area contributed by atoms with Crippen LogP contribution in [0.4, 0.5) is 17.6 Å². The molecular weight excluding hydrogens is 400 g/mol. The van der Waals surface area contributed by atoms with Crippen LogP contribution in [0.2, 0.25) is 0 Å². The monoisotopic (exact) mass is 420 g/mol. The number of aryl methyl sites for hydroxylation is 3. The fraction of sp³-hybridized carbons (Fsp3) is 0.111. The lowest BCUT2D eigenvalue weighted by atomic mass is 9.97. The summed E-state index contributed by atoms with van der Waals surface area (Å²) < 4.78 is 57.2. The van der Waals surface area contributed by atoms with Crippen LogP contribution >= 0.6 is 0 Å². The molecule has 0 aliphatic heterocycles. The molecule has 31 heavy (non-hydrogen) atoms. The molecular formula is C27H20F4. The minimum atomic E-state index is -0.897. The highest BCUT2D eigenvalue weighted by Gasteiger charge is 2.16. The van der Waals surface area contributed by atoms with Crippen molar-refractivity contribution in [3.05, 3.63) is 119 Å². The third kappa shape index (κ3) is 4.24. The van der Waals surface area contributed by atoms with Crippen molar-refractivity contribution in [1.29, 1.82) is 0 Å². The smallest absolute Gasteiger partial charge is 0.167 e. The first-order valence-corrected chi connectivity index (χ1v) is 10.0. The molecule has 0 heterocycles. The Hall–Kier alpha value is -3.40. The van der Waals surface area contributed by atoms with E-state index in [0.717, 1.165) is 5.56 Å². The molecule has 156 valence electrons. The second-order valence-electron chi connectivity index (χ2n) is 7.52. The van der Waals surface area contributed by atoms with Crippen LogP contribution in [0.15, 0.2) is 78.9 Å². The number of benzene rings is 4. The van der Waals surface area contributed by atoms with Gasteiger partial charge in [0, 0.05) is 11.1 Å². The average molecular weight is 420 g/mol. The molecule has 0 nitrogen and oxygen atoms in total. The minimum absolute atomic E-state index is 0.176. The molecule has 0 saturated heterocycles. The van der Waals surface area contributed by atoms with E-state index in [4.69, 9.17) is 0 Å². The number of halogens is 4. The van der Waals surface area contributed by atoms with E-state index >= 15 is 0 Å². The molecule has 0 aliphatic rings. The maximum Gasteiger partial charge on any atom is 0.167 e. The summed E-state index contributed by atoms with van der Waals surface area (Å²) in [5, 5.41) is 0. The summed E-state index contributed by atoms with van der Waals surface area (Å²) in [4.78, 5) is 0. The van der Waals surface area contributed by atoms with E-state index in [0.29, 0.717) is 29.5 Å². The number of hydrogen-bond acceptors (Lipinski definition) is 0. The van der Waals surface area contributed by atoms with Gasteiger partial charge in [0.2, 0.25) is 0 Å². The third-order valence-corrected chi connectivity index (χ3v) is 5.47. The van der Waals surface area contributed by atoms with Gasteiger partial charge in [0.1, 0.15) is 0 Å². The molecule has 0 unspecified atom stereocenters. The van der Waals surface area contributed by atoms with Crippen molar-refractivity contribution in [2.24, 2.45) is 0 Å². The van der Waals surface area contributed by atoms with E-state index < -0.39 is 23.3 Å². The summed E-state index contributed by atoms with van der Waals surface area (Å²) in [6, 6.07) is 22.1. The van der Waals surface area contributed by atoms with Crippen molar-refractivity contribution in [3.63, 3.8) is 0 Å². The molecule has 4 heteroatoms. The van der Waals surface area contributed by atoms with Crippen LogP contribution in [0.1, 0.15) is 16.7 Å². The van der Waals surface area contributed by atoms with Crippen molar-refractivity contribution in [1.82, 2.24) is 0 Å². The van der Waals surface area contributed by atoms with E-state index in [1.165, 1.54) is 6.92 Å². The van der Waals surface area contributed by atoms with Gasteiger partial charge in [-0.3, -0.25) is 0 Å². The standard InChI is InChI=1S/C27H20F4/c1-17-7-11-21(25(29)24(17)28)14-10-18-8-12-20(13-9-18)23-16-15-22(26(30)27(23)31)19-5-3-2-4-6-19/h2-9,11-13,15-16H,10,14H2,1H3. The second kappa shape index (κ2) is 8.76. The lowest BCUT2D eigenvalue weighted by molar-refractivity contribution is 0.493. The van der Waals surface area contributed by atoms with Gasteiger partial charge in [-0.2, -0.15) is 0 Å². The molecule has 0 fully saturated rings. The van der Waals surface area contributed by atoms with Gasteiger partial charge in [-0.05, 0) is 47.6 Å². The van der Waals surface area contributed by atoms with Gasteiger partial charge in [0.25, 0.3) is 0 Å². The zero-order valence-electron chi connectivity index (χ0n) is 16.9. The molecule has 0 radical (unpaired) electrons. The SMILES string of the molecule is Cc1ccc(CCc2ccc(-c3ccc(-c4ccccc4)c(F)c3F)cc2)c(F)c1F. The van der Waals surface area contributed by atoms with E-state index in [1.54, 1.807) is 72.8 Å². The van der Waals surface area contributed by atoms with Crippen LogP contribution in [-0.2, 0) is 12.8 Å². The van der Waals surface area contributed by atoms with Gasteiger partial charge in [-0.25, -0.2) is 17.6 Å². The Labute approximate surface area is 178 Å². The van der Waals surface area contributed by atoms with E-state index in [-0.39, 0.29) is 16.7 Å². The third-order valence-electron chi connectivity index (χ3n) is 5.47. The van der Waals surface area contributed by atoms with Gasteiger partial charge in [-0.1, -0.05) is 78.9 Å². The van der Waals surface area contributed by atoms with Gasteiger partial charge in [0.15, 0.2) is 23.3 Å². The number of hydrogen-bond donors (Lipinski definition) is 0. The first-order valence-electron chi connectivity index (χ1n) is 10.0. The molecule has 4 aromatic rings. The molecule has 4 rings (SSSR count). The number of rotatable bonds is 5. The summed E-state index contributed by atoms with van der Waals surface area (Å²) in [6.45, 7) is 1.52. The first-order chi connectivity index (χ1) is 15.0. The van der Waals surface area contributed by atoms with Crippen molar-refractivity contribution in [2.75, 3.05) is 0 Å². The molecule has 0 aromatic heterocycles. The Balaban J connectivity index is 1.53. The van der Waals surface area contributed by atoms with Crippen LogP contribution in [0.25, 0.3) is 22.3 Å². The van der Waals surface area contributed by atoms with Gasteiger partial charge >= 0.3 is 0 Å². The maximum atomic E-state index is 14.8. The summed E-state index contributed by atoms with van der Waals surface area (Å²) in [7, 11) is 0. The van der Waals surface area contributed by atoms with Gasteiger partial charge < -0.3 is 0 Å². The van der Waals surface area contributed by atoms with E-state index in [2.05, 4.69) is 0 Å². The van der Waals surface area contributed by atoms with Crippen molar-refractivity contribution < 1.29 is 17.6 Å². The predicted octanol–water partition coefficient (Wildman–Crippen LogP) is 7.67. The highest BCUT2D eigenvalue weighted by Crippen LogP contribution is 2.31. The summed E-state index contributed by atoms with van der Waals surface area (Å²) in [5.41, 5.74) is 3.04. The highest BCUT2D eigenvalue weighted by molar-refractivity contribution is 5.71. The lowest BCUT2D eigenvalue weighted by Crippen LogP contribution is -1.99. The van der Waals surface area contributed by atoms with Crippen LogP contribution < -0.4 is 0 Å². The quantitative estimate of drug-likeness (QED) is 0.291. The van der Waals surface area contributed by atoms with Gasteiger partial charge in [0.05, 0.1) is 0 Å². The van der Waals surface area contributed by atoms with Crippen LogP contribution in [0.3, 0.4) is 0 Å². The fourth-order valence-electron chi connectivity index (χ4n) is 3.62. The Morgan fingerprint density at radius 2 is 1.10 bits per heavy atom. The maximum absolute atomic E-state index is 14.8. The fourth-order valence-corrected chi connectivity index (χ4v) is 3.62. The Kier molecular flexibility index (Phi) is 5.90. The van der Waals surface area contributed by atoms with Gasteiger partial charge in [-0.15, -0.1) is 0 Å². The van der Waals surface area contributed by atoms with E-state index in [1.807, 2.05) is 6.07 Å². The zero-order chi connectivity index (χ0) is 22.0. The van der Waals surface area contributed by atoms with Crippen molar-refractivity contribution in [2.45, 2.75) is 19.8 Å². The van der Waals surface area contributed by atoms with Crippen molar-refractivity contribution in [3.8, 4) is 22.3 Å². The average Bonchev–Trinajstić information content (AvgIpc) is 2.80. The van der Waals surface area contributed by atoms with Crippen LogP contribution in [-0.4, -0.2) is 0 Å². The Morgan fingerprint density at radius 3 is 1.71 bits per heavy atom. The Bertz CT molecular complexity index is 1210. The molecule has 0 aliphatic carbocycles. The van der Waals surface area contributed by atoms with Crippen molar-refractivity contribution >= 4 is 0 Å².